The number of rotatable bonds is 60. The summed E-state index contributed by atoms with van der Waals surface area (Å²) in [5.41, 5.74) is 0. The van der Waals surface area contributed by atoms with Gasteiger partial charge in [0.2, 0.25) is 0 Å². The molecule has 0 fully saturated rings. The Kier molecular flexibility index (Phi) is 61.2. The van der Waals surface area contributed by atoms with Crippen LogP contribution in [-0.4, -0.2) is 37.2 Å². The van der Waals surface area contributed by atoms with E-state index in [2.05, 4.69) is 81.5 Å². The summed E-state index contributed by atoms with van der Waals surface area (Å²) < 4.78 is 16.9. The molecule has 0 aromatic rings. The summed E-state index contributed by atoms with van der Waals surface area (Å²) in [4.78, 5) is 38.3. The van der Waals surface area contributed by atoms with Gasteiger partial charge in [-0.25, -0.2) is 0 Å². The van der Waals surface area contributed by atoms with E-state index >= 15 is 0 Å². The van der Waals surface area contributed by atoms with E-state index in [-0.39, 0.29) is 37.5 Å². The zero-order chi connectivity index (χ0) is 54.3. The molecule has 0 saturated carbocycles. The smallest absolute Gasteiger partial charge is 0.306 e. The number of carbonyl (C=O) groups is 3. The molecule has 0 aliphatic carbocycles. The maximum atomic E-state index is 12.9. The second kappa shape index (κ2) is 63.6. The lowest BCUT2D eigenvalue weighted by Gasteiger charge is -2.18. The number of esters is 3. The van der Waals surface area contributed by atoms with Gasteiger partial charge in [-0.3, -0.25) is 14.4 Å². The Bertz CT molecular complexity index is 1340. The lowest BCUT2D eigenvalue weighted by Crippen LogP contribution is -2.30. The third-order valence-corrected chi connectivity index (χ3v) is 14.5. The van der Waals surface area contributed by atoms with E-state index in [1.165, 1.54) is 238 Å². The standard InChI is InChI=1S/C69H124O6/c1-4-7-10-13-16-19-22-25-28-31-33-34-36-38-41-44-47-50-53-56-59-62-68(71)74-65-66(64-73-67(70)61-58-55-52-49-46-43-40-37-30-27-24-21-18-15-12-9-6-3)75-69(72)63-60-57-54-51-48-45-42-39-35-32-29-26-23-20-17-14-11-8-5-2/h25-30,40,43,49,52,66H,4-24,31-39,41-42,44-48,50-51,53-65H2,1-3H3/b28-25-,29-26-,30-27-,43-40-,52-49-/t66-/m0/s1. The molecule has 75 heavy (non-hydrogen) atoms. The highest BCUT2D eigenvalue weighted by molar-refractivity contribution is 5.71. The molecule has 0 N–H and O–H groups in total. The van der Waals surface area contributed by atoms with Gasteiger partial charge in [-0.15, -0.1) is 0 Å². The molecular weight excluding hydrogens is 925 g/mol. The van der Waals surface area contributed by atoms with Crippen molar-refractivity contribution in [1.29, 1.82) is 0 Å². The molecule has 0 aliphatic heterocycles. The largest absolute Gasteiger partial charge is 0.462 e. The van der Waals surface area contributed by atoms with Crippen molar-refractivity contribution in [3.8, 4) is 0 Å². The van der Waals surface area contributed by atoms with Crippen molar-refractivity contribution >= 4 is 17.9 Å². The molecule has 0 unspecified atom stereocenters. The highest BCUT2D eigenvalue weighted by Gasteiger charge is 2.19. The van der Waals surface area contributed by atoms with Gasteiger partial charge in [0, 0.05) is 19.3 Å². The molecule has 0 aromatic heterocycles. The van der Waals surface area contributed by atoms with Crippen molar-refractivity contribution < 1.29 is 28.6 Å². The summed E-state index contributed by atoms with van der Waals surface area (Å²) in [6.45, 7) is 6.63. The van der Waals surface area contributed by atoms with Gasteiger partial charge in [0.25, 0.3) is 0 Å². The molecule has 0 bridgehead atoms. The first-order valence-corrected chi connectivity index (χ1v) is 32.8. The van der Waals surface area contributed by atoms with Crippen LogP contribution in [0.4, 0.5) is 0 Å². The first-order chi connectivity index (χ1) is 37.0. The summed E-state index contributed by atoms with van der Waals surface area (Å²) in [5.74, 6) is -0.928. The van der Waals surface area contributed by atoms with Gasteiger partial charge in [-0.05, 0) is 103 Å². The van der Waals surface area contributed by atoms with E-state index in [1.807, 2.05) is 0 Å². The van der Waals surface area contributed by atoms with Gasteiger partial charge in [0.1, 0.15) is 13.2 Å². The molecule has 0 heterocycles. The zero-order valence-corrected chi connectivity index (χ0v) is 50.1. The fourth-order valence-electron chi connectivity index (χ4n) is 9.51. The molecule has 0 aliphatic rings. The Morgan fingerprint density at radius 1 is 0.267 bits per heavy atom. The van der Waals surface area contributed by atoms with Crippen LogP contribution >= 0.6 is 0 Å². The van der Waals surface area contributed by atoms with E-state index in [0.717, 1.165) is 57.8 Å². The number of carbonyl (C=O) groups excluding carboxylic acids is 3. The number of unbranched alkanes of at least 4 members (excludes halogenated alkanes) is 39. The minimum atomic E-state index is -0.796. The molecule has 0 amide bonds. The number of hydrogen-bond acceptors (Lipinski definition) is 6. The van der Waals surface area contributed by atoms with Gasteiger partial charge in [0.05, 0.1) is 0 Å². The average Bonchev–Trinajstić information content (AvgIpc) is 3.41. The molecule has 436 valence electrons. The predicted octanol–water partition coefficient (Wildman–Crippen LogP) is 22.3. The Morgan fingerprint density at radius 2 is 0.493 bits per heavy atom. The van der Waals surface area contributed by atoms with Crippen molar-refractivity contribution in [3.05, 3.63) is 60.8 Å². The maximum Gasteiger partial charge on any atom is 0.306 e. The van der Waals surface area contributed by atoms with E-state index in [4.69, 9.17) is 14.2 Å². The molecule has 0 saturated heterocycles. The Morgan fingerprint density at radius 3 is 0.813 bits per heavy atom. The van der Waals surface area contributed by atoms with Crippen molar-refractivity contribution in [1.82, 2.24) is 0 Å². The summed E-state index contributed by atoms with van der Waals surface area (Å²) in [5, 5.41) is 0. The summed E-state index contributed by atoms with van der Waals surface area (Å²) in [7, 11) is 0. The van der Waals surface area contributed by atoms with Crippen LogP contribution in [0, 0.1) is 0 Å². The van der Waals surface area contributed by atoms with Crippen LogP contribution in [0.25, 0.3) is 0 Å². The van der Waals surface area contributed by atoms with Crippen molar-refractivity contribution in [3.63, 3.8) is 0 Å². The minimum absolute atomic E-state index is 0.0888. The van der Waals surface area contributed by atoms with Crippen LogP contribution in [0.3, 0.4) is 0 Å². The SMILES string of the molecule is CCCCCCCC/C=C\C/C=C\C/C=C\CCCC(=O)OC[C@@H](COC(=O)CCCCCCCCCCCCC/C=C\CCCCCCCC)OC(=O)CCCCCCCCCCC/C=C\CCCCCCCC. The second-order valence-corrected chi connectivity index (χ2v) is 22.0. The summed E-state index contributed by atoms with van der Waals surface area (Å²) in [6, 6.07) is 0. The van der Waals surface area contributed by atoms with Gasteiger partial charge >= 0.3 is 17.9 Å². The first-order valence-electron chi connectivity index (χ1n) is 32.8. The van der Waals surface area contributed by atoms with Crippen molar-refractivity contribution in [2.24, 2.45) is 0 Å². The molecule has 6 nitrogen and oxygen atoms in total. The molecular formula is C69H124O6. The molecule has 0 aromatic carbocycles. The third-order valence-electron chi connectivity index (χ3n) is 14.5. The van der Waals surface area contributed by atoms with Gasteiger partial charge < -0.3 is 14.2 Å². The van der Waals surface area contributed by atoms with Crippen LogP contribution < -0.4 is 0 Å². The average molecular weight is 1050 g/mol. The minimum Gasteiger partial charge on any atom is -0.462 e. The lowest BCUT2D eigenvalue weighted by atomic mass is 10.0. The van der Waals surface area contributed by atoms with Crippen LogP contribution in [0.1, 0.15) is 342 Å². The summed E-state index contributed by atoms with van der Waals surface area (Å²) in [6.07, 6.45) is 80.9. The van der Waals surface area contributed by atoms with E-state index in [1.54, 1.807) is 0 Å². The molecule has 1 atom stereocenters. The Labute approximate surface area is 466 Å². The quantitative estimate of drug-likeness (QED) is 0.0261. The third kappa shape index (κ3) is 61.8. The normalized spacial score (nSPS) is 12.4. The predicted molar refractivity (Wildman–Crippen MR) is 325 cm³/mol. The lowest BCUT2D eigenvalue weighted by molar-refractivity contribution is -0.167. The monoisotopic (exact) mass is 1050 g/mol. The number of ether oxygens (including phenoxy) is 3. The topological polar surface area (TPSA) is 78.9 Å². The molecule has 0 radical (unpaired) electrons. The molecule has 6 heteroatoms. The van der Waals surface area contributed by atoms with Crippen LogP contribution in [0.15, 0.2) is 60.8 Å². The fourth-order valence-corrected chi connectivity index (χ4v) is 9.51. The van der Waals surface area contributed by atoms with E-state index in [0.29, 0.717) is 19.3 Å². The zero-order valence-electron chi connectivity index (χ0n) is 50.1. The number of allylic oxidation sites excluding steroid dienone is 10. The highest BCUT2D eigenvalue weighted by Crippen LogP contribution is 2.16. The summed E-state index contributed by atoms with van der Waals surface area (Å²) >= 11 is 0. The van der Waals surface area contributed by atoms with Gasteiger partial charge in [0.15, 0.2) is 6.10 Å². The van der Waals surface area contributed by atoms with Gasteiger partial charge in [-0.2, -0.15) is 0 Å². The highest BCUT2D eigenvalue weighted by atomic mass is 16.6. The van der Waals surface area contributed by atoms with Gasteiger partial charge in [-0.1, -0.05) is 281 Å². The fraction of sp³-hybridized carbons (Fsp3) is 0.812. The van der Waals surface area contributed by atoms with E-state index < -0.39 is 6.10 Å². The second-order valence-electron chi connectivity index (χ2n) is 22.0. The maximum absolute atomic E-state index is 12.9. The Hall–Kier alpha value is -2.89. The molecule has 0 rings (SSSR count). The van der Waals surface area contributed by atoms with Crippen molar-refractivity contribution in [2.75, 3.05) is 13.2 Å². The van der Waals surface area contributed by atoms with Crippen LogP contribution in [0.2, 0.25) is 0 Å². The molecule has 0 spiro atoms. The van der Waals surface area contributed by atoms with Crippen molar-refractivity contribution in [2.45, 2.75) is 348 Å². The van der Waals surface area contributed by atoms with Crippen LogP contribution in [0.5, 0.6) is 0 Å². The van der Waals surface area contributed by atoms with E-state index in [9.17, 15) is 14.4 Å². The number of hydrogen-bond donors (Lipinski definition) is 0. The van der Waals surface area contributed by atoms with Crippen LogP contribution in [-0.2, 0) is 28.6 Å². The first kappa shape index (κ1) is 72.1. The Balaban J connectivity index is 4.40.